The van der Waals surface area contributed by atoms with Crippen LogP contribution in [-0.2, 0) is 0 Å². The number of alkyl halides is 4. The van der Waals surface area contributed by atoms with Gasteiger partial charge >= 0.3 is 12.2 Å². The zero-order chi connectivity index (χ0) is 22.3. The molecule has 2 rings (SSSR count). The van der Waals surface area contributed by atoms with E-state index in [-0.39, 0.29) is 25.0 Å². The van der Waals surface area contributed by atoms with Crippen LogP contribution in [0.4, 0.5) is 22.4 Å². The minimum atomic E-state index is -4.59. The van der Waals surface area contributed by atoms with E-state index in [0.29, 0.717) is 0 Å². The number of urea groups is 1. The van der Waals surface area contributed by atoms with E-state index in [1.807, 2.05) is 21.0 Å². The maximum absolute atomic E-state index is 13.6. The molecule has 6 atom stereocenters. The number of hydrogen-bond donors (Lipinski definition) is 5. The van der Waals surface area contributed by atoms with E-state index in [1.165, 1.54) is 0 Å². The molecule has 1 aliphatic heterocycles. The topological polar surface area (TPSA) is 80.5 Å². The Kier molecular flexibility index (Phi) is 9.58. The Balaban J connectivity index is 1.74. The summed E-state index contributed by atoms with van der Waals surface area (Å²) in [6, 6.07) is -1.12. The summed E-state index contributed by atoms with van der Waals surface area (Å²) in [7, 11) is 4.08. The Bertz CT molecular complexity index is 536. The lowest BCUT2D eigenvalue weighted by Gasteiger charge is -2.38. The minimum absolute atomic E-state index is 0.0162. The molecule has 0 spiro atoms. The molecule has 176 valence electrons. The summed E-state index contributed by atoms with van der Waals surface area (Å²) >= 11 is 0. The predicted octanol–water partition coefficient (Wildman–Crippen LogP) is 1.87. The third-order valence-electron chi connectivity index (χ3n) is 5.63. The summed E-state index contributed by atoms with van der Waals surface area (Å²) in [5.41, 5.74) is 0. The van der Waals surface area contributed by atoms with Crippen LogP contribution < -0.4 is 26.6 Å². The van der Waals surface area contributed by atoms with Crippen molar-refractivity contribution in [2.45, 2.75) is 82.3 Å². The molecule has 1 saturated carbocycles. The molecule has 2 amide bonds. The van der Waals surface area contributed by atoms with Crippen LogP contribution in [0.25, 0.3) is 0 Å². The molecule has 6 unspecified atom stereocenters. The molecule has 0 bridgehead atoms. The number of carbonyl (C=O) groups excluding carboxylic acids is 1. The molecule has 2 aliphatic rings. The molecule has 1 heterocycles. The summed E-state index contributed by atoms with van der Waals surface area (Å²) in [5.74, 6) is -2.02. The second kappa shape index (κ2) is 11.4. The Morgan fingerprint density at radius 2 is 1.83 bits per heavy atom. The molecule has 2 fully saturated rings. The van der Waals surface area contributed by atoms with E-state index < -0.39 is 43.0 Å². The fourth-order valence-corrected chi connectivity index (χ4v) is 4.04. The molecule has 7 nitrogen and oxygen atoms in total. The highest BCUT2D eigenvalue weighted by molar-refractivity contribution is 5.74. The van der Waals surface area contributed by atoms with Crippen molar-refractivity contribution in [2.24, 2.45) is 5.92 Å². The molecule has 0 aromatic rings. The van der Waals surface area contributed by atoms with Crippen LogP contribution in [0, 0.1) is 5.92 Å². The summed E-state index contributed by atoms with van der Waals surface area (Å²) in [4.78, 5) is 14.4. The Hall–Kier alpha value is -1.17. The number of unbranched alkanes of at least 4 members (excludes halogenated alkanes) is 1. The van der Waals surface area contributed by atoms with Gasteiger partial charge in [-0.15, -0.1) is 0 Å². The fraction of sp³-hybridized carbons (Fsp3) is 0.947. The number of halogens is 4. The minimum Gasteiger partial charge on any atom is -0.335 e. The monoisotopic (exact) mass is 440 g/mol. The Morgan fingerprint density at radius 1 is 1.10 bits per heavy atom. The van der Waals surface area contributed by atoms with Crippen molar-refractivity contribution in [3.63, 3.8) is 0 Å². The van der Waals surface area contributed by atoms with Gasteiger partial charge in [-0.3, -0.25) is 10.6 Å². The largest absolute Gasteiger partial charge is 0.394 e. The van der Waals surface area contributed by atoms with Gasteiger partial charge in [0, 0.05) is 12.1 Å². The van der Waals surface area contributed by atoms with Crippen LogP contribution in [0.15, 0.2) is 0 Å². The number of amides is 2. The van der Waals surface area contributed by atoms with Gasteiger partial charge in [0.1, 0.15) is 12.5 Å². The quantitative estimate of drug-likeness (QED) is 0.294. The van der Waals surface area contributed by atoms with Gasteiger partial charge < -0.3 is 20.9 Å². The number of nitrogens with zero attached hydrogens (tertiary/aromatic N) is 1. The molecule has 0 aromatic heterocycles. The molecule has 5 N–H and O–H groups in total. The molecule has 1 saturated heterocycles. The van der Waals surface area contributed by atoms with Crippen molar-refractivity contribution < 1.29 is 22.4 Å². The van der Waals surface area contributed by atoms with E-state index in [2.05, 4.69) is 31.5 Å². The average Bonchev–Trinajstić information content (AvgIpc) is 2.61. The van der Waals surface area contributed by atoms with Gasteiger partial charge in [-0.1, -0.05) is 0 Å². The van der Waals surface area contributed by atoms with Gasteiger partial charge in [-0.2, -0.15) is 13.2 Å². The van der Waals surface area contributed by atoms with E-state index in [9.17, 15) is 22.4 Å². The second-order valence-electron chi connectivity index (χ2n) is 8.71. The maximum atomic E-state index is 13.6. The number of carbonyl (C=O) groups is 1. The van der Waals surface area contributed by atoms with Gasteiger partial charge in [0.2, 0.25) is 0 Å². The second-order valence-corrected chi connectivity index (χ2v) is 8.71. The highest BCUT2D eigenvalue weighted by Crippen LogP contribution is 2.39. The molecular formula is C19H36F4N6O. The zero-order valence-electron chi connectivity index (χ0n) is 18.0. The van der Waals surface area contributed by atoms with Gasteiger partial charge in [-0.05, 0) is 72.6 Å². The van der Waals surface area contributed by atoms with Crippen molar-refractivity contribution >= 4 is 6.03 Å². The van der Waals surface area contributed by atoms with Gasteiger partial charge in [-0.25, -0.2) is 9.18 Å². The molecule has 30 heavy (non-hydrogen) atoms. The molecule has 1 aliphatic carbocycles. The summed E-state index contributed by atoms with van der Waals surface area (Å²) < 4.78 is 52.5. The predicted molar refractivity (Wildman–Crippen MR) is 107 cm³/mol. The van der Waals surface area contributed by atoms with Gasteiger partial charge in [0.15, 0.2) is 0 Å². The Labute approximate surface area is 176 Å². The zero-order valence-corrected chi connectivity index (χ0v) is 18.0. The Morgan fingerprint density at radius 3 is 2.50 bits per heavy atom. The van der Waals surface area contributed by atoms with Crippen LogP contribution in [0.3, 0.4) is 0 Å². The first-order valence-corrected chi connectivity index (χ1v) is 10.7. The van der Waals surface area contributed by atoms with Crippen LogP contribution in [0.1, 0.15) is 45.4 Å². The third kappa shape index (κ3) is 8.52. The standard InChI is InChI=1S/C19H36F4N6O/c1-12-10-16(24-8-4-5-9-29(2)3)27-17(25-12)28-18(30)26-13-6-7-15(20)14(11-13)19(21,22)23/h12-17,24-25,27H,4-11H2,1-3H3,(H2,26,28,30). The van der Waals surface area contributed by atoms with Crippen LogP contribution in [0.2, 0.25) is 0 Å². The van der Waals surface area contributed by atoms with Crippen molar-refractivity contribution in [1.82, 2.24) is 31.5 Å². The number of rotatable bonds is 8. The smallest absolute Gasteiger partial charge is 0.335 e. The van der Waals surface area contributed by atoms with Crippen LogP contribution >= 0.6 is 0 Å². The molecular weight excluding hydrogens is 404 g/mol. The summed E-state index contributed by atoms with van der Waals surface area (Å²) in [6.07, 6.45) is -4.47. The van der Waals surface area contributed by atoms with Gasteiger partial charge in [0.25, 0.3) is 0 Å². The molecule has 0 aromatic carbocycles. The first-order valence-electron chi connectivity index (χ1n) is 10.7. The number of hydrogen-bond acceptors (Lipinski definition) is 5. The van der Waals surface area contributed by atoms with E-state index in [1.54, 1.807) is 0 Å². The fourth-order valence-electron chi connectivity index (χ4n) is 4.04. The van der Waals surface area contributed by atoms with Crippen LogP contribution in [0.5, 0.6) is 0 Å². The van der Waals surface area contributed by atoms with Crippen molar-refractivity contribution in [3.05, 3.63) is 0 Å². The van der Waals surface area contributed by atoms with Crippen molar-refractivity contribution in [3.8, 4) is 0 Å². The lowest BCUT2D eigenvalue weighted by Crippen LogP contribution is -2.68. The average molecular weight is 441 g/mol. The van der Waals surface area contributed by atoms with E-state index >= 15 is 0 Å². The lowest BCUT2D eigenvalue weighted by atomic mass is 9.84. The molecule has 0 radical (unpaired) electrons. The van der Waals surface area contributed by atoms with Crippen LogP contribution in [-0.4, -0.2) is 75.0 Å². The molecule has 11 heteroatoms. The first kappa shape index (κ1) is 25.1. The summed E-state index contributed by atoms with van der Waals surface area (Å²) in [5, 5.41) is 15.2. The van der Waals surface area contributed by atoms with E-state index in [4.69, 9.17) is 0 Å². The first-order chi connectivity index (χ1) is 14.0. The maximum Gasteiger partial charge on any atom is 0.394 e. The lowest BCUT2D eigenvalue weighted by molar-refractivity contribution is -0.199. The van der Waals surface area contributed by atoms with Gasteiger partial charge in [0.05, 0.1) is 12.1 Å². The highest BCUT2D eigenvalue weighted by atomic mass is 19.4. The number of nitrogens with one attached hydrogen (secondary N) is 5. The normalized spacial score (nSPS) is 32.8. The highest BCUT2D eigenvalue weighted by Gasteiger charge is 2.48. The SMILES string of the molecule is CC1CC(NCCCCN(C)C)NC(NC(=O)NC2CCC(F)C(C(F)(F)F)C2)N1. The van der Waals surface area contributed by atoms with E-state index in [0.717, 1.165) is 32.4 Å². The third-order valence-corrected chi connectivity index (χ3v) is 5.63. The van der Waals surface area contributed by atoms with Crippen molar-refractivity contribution in [2.75, 3.05) is 27.2 Å². The summed E-state index contributed by atoms with van der Waals surface area (Å²) in [6.45, 7) is 3.88. The van der Waals surface area contributed by atoms with Crippen molar-refractivity contribution in [1.29, 1.82) is 0 Å².